The molecule has 0 fully saturated rings. The van der Waals surface area contributed by atoms with E-state index in [-0.39, 0.29) is 16.8 Å². The van der Waals surface area contributed by atoms with Crippen LogP contribution in [0.2, 0.25) is 0 Å². The lowest BCUT2D eigenvalue weighted by Crippen LogP contribution is -2.45. The predicted octanol–water partition coefficient (Wildman–Crippen LogP) is 4.42. The van der Waals surface area contributed by atoms with E-state index in [1.807, 2.05) is 12.1 Å². The zero-order valence-electron chi connectivity index (χ0n) is 13.2. The van der Waals surface area contributed by atoms with Gasteiger partial charge in [0, 0.05) is 12.1 Å². The highest BCUT2D eigenvalue weighted by molar-refractivity contribution is 5.19. The van der Waals surface area contributed by atoms with Crippen LogP contribution in [0.15, 0.2) is 24.3 Å². The quantitative estimate of drug-likeness (QED) is 0.831. The molecule has 0 radical (unpaired) electrons. The molecule has 1 nitrogen and oxygen atoms in total. The molecule has 0 heterocycles. The molecular weight excluding hydrogens is 237 g/mol. The summed E-state index contributed by atoms with van der Waals surface area (Å²) in [6, 6.07) is 7.11. The summed E-state index contributed by atoms with van der Waals surface area (Å²) >= 11 is 0. The molecule has 0 aliphatic rings. The van der Waals surface area contributed by atoms with Gasteiger partial charge < -0.3 is 5.32 Å². The van der Waals surface area contributed by atoms with Crippen LogP contribution < -0.4 is 5.32 Å². The molecule has 108 valence electrons. The Kier molecular flexibility index (Phi) is 5.14. The normalized spacial score (nSPS) is 15.6. The van der Waals surface area contributed by atoms with E-state index in [2.05, 4.69) is 46.9 Å². The van der Waals surface area contributed by atoms with Gasteiger partial charge in [-0.2, -0.15) is 0 Å². The van der Waals surface area contributed by atoms with Gasteiger partial charge in [-0.3, -0.25) is 0 Å². The zero-order chi connectivity index (χ0) is 14.7. The first-order chi connectivity index (χ1) is 8.64. The molecule has 0 saturated heterocycles. The Morgan fingerprint density at radius 3 is 2.16 bits per heavy atom. The second kappa shape index (κ2) is 6.04. The highest BCUT2D eigenvalue weighted by Gasteiger charge is 2.30. The third-order valence-corrected chi connectivity index (χ3v) is 3.97. The van der Waals surface area contributed by atoms with Crippen molar-refractivity contribution >= 4 is 0 Å². The molecule has 0 aliphatic carbocycles. The van der Waals surface area contributed by atoms with Crippen molar-refractivity contribution in [2.24, 2.45) is 11.3 Å². The zero-order valence-corrected chi connectivity index (χ0v) is 13.2. The molecule has 0 spiro atoms. The second-order valence-corrected chi connectivity index (χ2v) is 7.18. The Hall–Kier alpha value is -0.890. The number of nitrogens with one attached hydrogen (secondary N) is 1. The van der Waals surface area contributed by atoms with Gasteiger partial charge in [0.1, 0.15) is 5.82 Å². The third kappa shape index (κ3) is 4.94. The first-order valence-electron chi connectivity index (χ1n) is 7.12. The van der Waals surface area contributed by atoms with Crippen LogP contribution in [0.4, 0.5) is 4.39 Å². The number of rotatable bonds is 5. The molecule has 1 unspecified atom stereocenters. The van der Waals surface area contributed by atoms with Gasteiger partial charge in [0.05, 0.1) is 0 Å². The largest absolute Gasteiger partial charge is 0.312 e. The van der Waals surface area contributed by atoms with Gasteiger partial charge >= 0.3 is 0 Å². The van der Waals surface area contributed by atoms with Crippen LogP contribution in [0.25, 0.3) is 0 Å². The minimum Gasteiger partial charge on any atom is -0.312 e. The van der Waals surface area contributed by atoms with Gasteiger partial charge in [0.25, 0.3) is 0 Å². The van der Waals surface area contributed by atoms with E-state index in [1.54, 1.807) is 12.1 Å². The minimum atomic E-state index is -0.0925. The van der Waals surface area contributed by atoms with Gasteiger partial charge in [0.15, 0.2) is 0 Å². The fraction of sp³-hybridized carbons (Fsp3) is 0.647. The third-order valence-electron chi connectivity index (χ3n) is 3.97. The fourth-order valence-electron chi connectivity index (χ4n) is 2.01. The molecule has 1 atom stereocenters. The summed E-state index contributed by atoms with van der Waals surface area (Å²) < 4.78 is 13.8. The van der Waals surface area contributed by atoms with Gasteiger partial charge in [-0.25, -0.2) is 4.39 Å². The van der Waals surface area contributed by atoms with E-state index in [0.717, 1.165) is 18.5 Å². The van der Waals surface area contributed by atoms with E-state index in [1.165, 1.54) is 0 Å². The van der Waals surface area contributed by atoms with Crippen LogP contribution in [0, 0.1) is 17.2 Å². The SMILES string of the molecule is CC(C)C(C)(CNC(C)(C)C)Cc1ccccc1F. The molecule has 0 aliphatic heterocycles. The number of benzene rings is 1. The first-order valence-corrected chi connectivity index (χ1v) is 7.12. The minimum absolute atomic E-state index is 0.0511. The van der Waals surface area contributed by atoms with Crippen molar-refractivity contribution in [3.63, 3.8) is 0 Å². The van der Waals surface area contributed by atoms with Crippen LogP contribution in [0.5, 0.6) is 0 Å². The average Bonchev–Trinajstić information content (AvgIpc) is 2.28. The van der Waals surface area contributed by atoms with E-state index >= 15 is 0 Å². The lowest BCUT2D eigenvalue weighted by molar-refractivity contribution is 0.186. The van der Waals surface area contributed by atoms with Crippen molar-refractivity contribution < 1.29 is 4.39 Å². The molecule has 1 N–H and O–H groups in total. The number of hydrogen-bond acceptors (Lipinski definition) is 1. The first kappa shape index (κ1) is 16.2. The van der Waals surface area contributed by atoms with E-state index < -0.39 is 0 Å². The van der Waals surface area contributed by atoms with Crippen LogP contribution >= 0.6 is 0 Å². The lowest BCUT2D eigenvalue weighted by atomic mass is 9.74. The van der Waals surface area contributed by atoms with Crippen LogP contribution in [0.1, 0.15) is 47.1 Å². The summed E-state index contributed by atoms with van der Waals surface area (Å²) in [5.41, 5.74) is 0.954. The van der Waals surface area contributed by atoms with E-state index in [0.29, 0.717) is 5.92 Å². The van der Waals surface area contributed by atoms with Crippen LogP contribution in [0.3, 0.4) is 0 Å². The average molecular weight is 265 g/mol. The smallest absolute Gasteiger partial charge is 0.126 e. The lowest BCUT2D eigenvalue weighted by Gasteiger charge is -2.37. The van der Waals surface area contributed by atoms with Gasteiger partial charge in [0.2, 0.25) is 0 Å². The summed E-state index contributed by atoms with van der Waals surface area (Å²) in [5, 5.41) is 3.56. The molecule has 1 rings (SSSR count). The number of halogens is 1. The maximum absolute atomic E-state index is 13.8. The molecule has 0 saturated carbocycles. The van der Waals surface area contributed by atoms with Gasteiger partial charge in [-0.15, -0.1) is 0 Å². The summed E-state index contributed by atoms with van der Waals surface area (Å²) in [6.07, 6.45) is 0.764. The monoisotopic (exact) mass is 265 g/mol. The van der Waals surface area contributed by atoms with Crippen molar-refractivity contribution in [2.75, 3.05) is 6.54 Å². The summed E-state index contributed by atoms with van der Waals surface area (Å²) in [5.74, 6) is 0.395. The highest BCUT2D eigenvalue weighted by Crippen LogP contribution is 2.32. The van der Waals surface area contributed by atoms with Crippen molar-refractivity contribution in [3.05, 3.63) is 35.6 Å². The van der Waals surface area contributed by atoms with Gasteiger partial charge in [-0.1, -0.05) is 39.0 Å². The molecule has 19 heavy (non-hydrogen) atoms. The van der Waals surface area contributed by atoms with Crippen molar-refractivity contribution in [1.29, 1.82) is 0 Å². The van der Waals surface area contributed by atoms with Crippen LogP contribution in [-0.4, -0.2) is 12.1 Å². The Bertz CT molecular complexity index is 406. The Morgan fingerprint density at radius 2 is 1.68 bits per heavy atom. The Labute approximate surface area is 117 Å². The van der Waals surface area contributed by atoms with Crippen LogP contribution in [-0.2, 0) is 6.42 Å². The van der Waals surface area contributed by atoms with Crippen molar-refractivity contribution in [2.45, 2.75) is 53.5 Å². The maximum atomic E-state index is 13.8. The summed E-state index contributed by atoms with van der Waals surface area (Å²) in [4.78, 5) is 0. The Balaban J connectivity index is 2.85. The summed E-state index contributed by atoms with van der Waals surface area (Å²) in [7, 11) is 0. The molecule has 0 aromatic heterocycles. The topological polar surface area (TPSA) is 12.0 Å². The van der Waals surface area contributed by atoms with E-state index in [4.69, 9.17) is 0 Å². The van der Waals surface area contributed by atoms with Gasteiger partial charge in [-0.05, 0) is 50.2 Å². The highest BCUT2D eigenvalue weighted by atomic mass is 19.1. The molecule has 1 aromatic rings. The van der Waals surface area contributed by atoms with Crippen molar-refractivity contribution in [1.82, 2.24) is 5.32 Å². The predicted molar refractivity (Wildman–Crippen MR) is 80.8 cm³/mol. The Morgan fingerprint density at radius 1 is 1.11 bits per heavy atom. The fourth-order valence-corrected chi connectivity index (χ4v) is 2.01. The van der Waals surface area contributed by atoms with E-state index in [9.17, 15) is 4.39 Å². The standard InChI is InChI=1S/C17H28FN/c1-13(2)17(6,12-19-16(3,4)5)11-14-9-7-8-10-15(14)18/h7-10,13,19H,11-12H2,1-6H3. The molecule has 0 bridgehead atoms. The molecule has 0 amide bonds. The molecular formula is C17H28FN. The number of hydrogen-bond donors (Lipinski definition) is 1. The van der Waals surface area contributed by atoms with Crippen molar-refractivity contribution in [3.8, 4) is 0 Å². The molecule has 1 aromatic carbocycles. The summed E-state index contributed by atoms with van der Waals surface area (Å²) in [6.45, 7) is 14.0. The maximum Gasteiger partial charge on any atom is 0.126 e. The molecule has 2 heteroatoms. The second-order valence-electron chi connectivity index (χ2n) is 7.18.